The lowest BCUT2D eigenvalue weighted by atomic mass is 9.97. The molecule has 1 unspecified atom stereocenters. The summed E-state index contributed by atoms with van der Waals surface area (Å²) in [5, 5.41) is 0. The Bertz CT molecular complexity index is 144. The molecule has 1 aliphatic rings. The monoisotopic (exact) mass is 190 g/mol. The van der Waals surface area contributed by atoms with Gasteiger partial charge in [0.15, 0.2) is 0 Å². The van der Waals surface area contributed by atoms with E-state index in [0.717, 1.165) is 25.7 Å². The Labute approximate surface area is 76.4 Å². The summed E-state index contributed by atoms with van der Waals surface area (Å²) in [5.41, 5.74) is 0. The van der Waals surface area contributed by atoms with Crippen molar-refractivity contribution < 1.29 is 8.76 Å². The molecule has 1 N–H and O–H groups in total. The van der Waals surface area contributed by atoms with Crippen LogP contribution in [-0.2, 0) is 11.3 Å². The van der Waals surface area contributed by atoms with E-state index in [9.17, 15) is 8.76 Å². The molecule has 0 aromatic heterocycles. The zero-order valence-electron chi connectivity index (χ0n) is 7.25. The van der Waals surface area contributed by atoms with Crippen molar-refractivity contribution in [2.24, 2.45) is 0 Å². The third-order valence-corrected chi connectivity index (χ3v) is 2.89. The Morgan fingerprint density at radius 1 is 1.08 bits per heavy atom. The van der Waals surface area contributed by atoms with Crippen molar-refractivity contribution in [3.8, 4) is 0 Å². The average Bonchev–Trinajstić information content (AvgIpc) is 1.93. The molecule has 1 rings (SSSR count). The molecule has 1 fully saturated rings. The van der Waals surface area contributed by atoms with Crippen molar-refractivity contribution in [1.29, 1.82) is 0 Å². The fourth-order valence-electron chi connectivity index (χ4n) is 1.71. The minimum Gasteiger partial charge on any atom is -0.760 e. The maximum Gasteiger partial charge on any atom is 0.0184 e. The van der Waals surface area contributed by atoms with Crippen LogP contribution < -0.4 is 4.72 Å². The highest BCUT2D eigenvalue weighted by molar-refractivity contribution is 7.77. The van der Waals surface area contributed by atoms with Gasteiger partial charge in [0, 0.05) is 17.3 Å². The normalized spacial score (nSPS) is 24.4. The summed E-state index contributed by atoms with van der Waals surface area (Å²) in [7, 11) is 0. The zero-order valence-corrected chi connectivity index (χ0v) is 8.07. The van der Waals surface area contributed by atoms with Gasteiger partial charge < -0.3 is 4.55 Å². The summed E-state index contributed by atoms with van der Waals surface area (Å²) in [4.78, 5) is 0. The van der Waals surface area contributed by atoms with Gasteiger partial charge in [0.2, 0.25) is 0 Å². The second kappa shape index (κ2) is 5.67. The quantitative estimate of drug-likeness (QED) is 0.671. The van der Waals surface area contributed by atoms with Gasteiger partial charge in [-0.2, -0.15) is 0 Å². The van der Waals surface area contributed by atoms with Gasteiger partial charge in [0.05, 0.1) is 0 Å². The lowest BCUT2D eigenvalue weighted by Gasteiger charge is -2.21. The molecule has 0 aliphatic heterocycles. The van der Waals surface area contributed by atoms with Crippen LogP contribution in [0.2, 0.25) is 0 Å². The Hall–Kier alpha value is 0.0700. The Kier molecular flexibility index (Phi) is 4.80. The molecule has 1 aliphatic carbocycles. The van der Waals surface area contributed by atoms with E-state index >= 15 is 0 Å². The van der Waals surface area contributed by atoms with Gasteiger partial charge in [-0.25, -0.2) is 4.72 Å². The third-order valence-electron chi connectivity index (χ3n) is 2.37. The van der Waals surface area contributed by atoms with Crippen LogP contribution in [0.15, 0.2) is 0 Å². The van der Waals surface area contributed by atoms with E-state index in [0.29, 0.717) is 0 Å². The van der Waals surface area contributed by atoms with Crippen molar-refractivity contribution in [2.45, 2.75) is 51.0 Å². The molecule has 12 heavy (non-hydrogen) atoms. The van der Waals surface area contributed by atoms with Gasteiger partial charge in [-0.1, -0.05) is 32.1 Å². The lowest BCUT2D eigenvalue weighted by molar-refractivity contribution is 0.418. The summed E-state index contributed by atoms with van der Waals surface area (Å²) in [6, 6.07) is 0.198. The van der Waals surface area contributed by atoms with Crippen molar-refractivity contribution in [2.75, 3.05) is 0 Å². The van der Waals surface area contributed by atoms with Crippen LogP contribution in [0.1, 0.15) is 44.9 Å². The molecule has 0 bridgehead atoms. The van der Waals surface area contributed by atoms with E-state index in [1.807, 2.05) is 0 Å². The Balaban J connectivity index is 2.24. The molecule has 4 heteroatoms. The summed E-state index contributed by atoms with van der Waals surface area (Å²) in [5.74, 6) is 0. The standard InChI is InChI=1S/C8H17NO2S/c10-12(11)9-8-6-4-2-1-3-5-7-8/h8-9H,1-7H2,(H,10,11)/p-1. The predicted molar refractivity (Wildman–Crippen MR) is 48.2 cm³/mol. The van der Waals surface area contributed by atoms with E-state index in [2.05, 4.69) is 4.72 Å². The number of rotatable bonds is 2. The van der Waals surface area contributed by atoms with Gasteiger partial charge >= 0.3 is 0 Å². The Morgan fingerprint density at radius 2 is 1.58 bits per heavy atom. The topological polar surface area (TPSA) is 52.2 Å². The van der Waals surface area contributed by atoms with Crippen LogP contribution in [0.5, 0.6) is 0 Å². The van der Waals surface area contributed by atoms with E-state index in [1.54, 1.807) is 0 Å². The van der Waals surface area contributed by atoms with Crippen molar-refractivity contribution in [3.05, 3.63) is 0 Å². The van der Waals surface area contributed by atoms with Gasteiger partial charge in [-0.3, -0.25) is 4.21 Å². The molecule has 0 saturated heterocycles. The predicted octanol–water partition coefficient (Wildman–Crippen LogP) is 1.48. The molecule has 0 aromatic rings. The molecular formula is C8H16NO2S-. The highest BCUT2D eigenvalue weighted by Gasteiger charge is 2.09. The highest BCUT2D eigenvalue weighted by atomic mass is 32.2. The first-order valence-electron chi connectivity index (χ1n) is 4.64. The SMILES string of the molecule is O=S([O-])NC1CCCCCCC1. The molecule has 0 spiro atoms. The minimum absolute atomic E-state index is 0.198. The van der Waals surface area contributed by atoms with E-state index in [-0.39, 0.29) is 6.04 Å². The van der Waals surface area contributed by atoms with Crippen LogP contribution in [0.25, 0.3) is 0 Å². The maximum absolute atomic E-state index is 10.4. The van der Waals surface area contributed by atoms with Crippen molar-refractivity contribution in [3.63, 3.8) is 0 Å². The fraction of sp³-hybridized carbons (Fsp3) is 1.00. The molecule has 3 nitrogen and oxygen atoms in total. The summed E-state index contributed by atoms with van der Waals surface area (Å²) < 4.78 is 23.3. The molecule has 1 saturated carbocycles. The number of hydrogen-bond donors (Lipinski definition) is 1. The second-order valence-electron chi connectivity index (χ2n) is 3.39. The fourth-order valence-corrected chi connectivity index (χ4v) is 2.22. The smallest absolute Gasteiger partial charge is 0.0184 e. The summed E-state index contributed by atoms with van der Waals surface area (Å²) in [6.07, 6.45) is 8.16. The van der Waals surface area contributed by atoms with Gasteiger partial charge in [-0.05, 0) is 12.8 Å². The Morgan fingerprint density at radius 3 is 2.08 bits per heavy atom. The van der Waals surface area contributed by atoms with Crippen LogP contribution in [0.4, 0.5) is 0 Å². The van der Waals surface area contributed by atoms with Crippen LogP contribution in [0.3, 0.4) is 0 Å². The molecule has 72 valence electrons. The van der Waals surface area contributed by atoms with Gasteiger partial charge in [0.25, 0.3) is 0 Å². The molecule has 0 amide bonds. The first-order chi connectivity index (χ1) is 5.79. The highest BCUT2D eigenvalue weighted by Crippen LogP contribution is 2.16. The van der Waals surface area contributed by atoms with Crippen LogP contribution in [-0.4, -0.2) is 14.8 Å². The average molecular weight is 190 g/mol. The zero-order chi connectivity index (χ0) is 8.81. The third kappa shape index (κ3) is 4.18. The molecule has 0 radical (unpaired) electrons. The van der Waals surface area contributed by atoms with Crippen LogP contribution in [0, 0.1) is 0 Å². The molecule has 1 atom stereocenters. The first kappa shape index (κ1) is 10.2. The van der Waals surface area contributed by atoms with E-state index < -0.39 is 11.3 Å². The van der Waals surface area contributed by atoms with E-state index in [1.165, 1.54) is 19.3 Å². The number of nitrogens with one attached hydrogen (secondary N) is 1. The molecular weight excluding hydrogens is 174 g/mol. The van der Waals surface area contributed by atoms with Crippen molar-refractivity contribution >= 4 is 11.3 Å². The molecule has 0 aromatic carbocycles. The molecule has 0 heterocycles. The summed E-state index contributed by atoms with van der Waals surface area (Å²) in [6.45, 7) is 0. The van der Waals surface area contributed by atoms with Gasteiger partial charge in [-0.15, -0.1) is 0 Å². The lowest BCUT2D eigenvalue weighted by Crippen LogP contribution is -2.31. The second-order valence-corrected chi connectivity index (χ2v) is 4.10. The number of hydrogen-bond acceptors (Lipinski definition) is 2. The minimum atomic E-state index is -2.08. The van der Waals surface area contributed by atoms with E-state index in [4.69, 9.17) is 0 Å². The maximum atomic E-state index is 10.4. The van der Waals surface area contributed by atoms with Gasteiger partial charge in [0.1, 0.15) is 0 Å². The van der Waals surface area contributed by atoms with Crippen LogP contribution >= 0.6 is 0 Å². The first-order valence-corrected chi connectivity index (χ1v) is 5.72. The summed E-state index contributed by atoms with van der Waals surface area (Å²) >= 11 is -2.08. The van der Waals surface area contributed by atoms with Crippen molar-refractivity contribution in [1.82, 2.24) is 4.72 Å². The largest absolute Gasteiger partial charge is 0.760 e.